The predicted molar refractivity (Wildman–Crippen MR) is 100 cm³/mol. The minimum atomic E-state index is -4.63. The van der Waals surface area contributed by atoms with Crippen molar-refractivity contribution in [1.29, 1.82) is 0 Å². The quantitative estimate of drug-likeness (QED) is 0.787. The number of amides is 1. The Labute approximate surface area is 166 Å². The van der Waals surface area contributed by atoms with E-state index in [2.05, 4.69) is 20.6 Å². The van der Waals surface area contributed by atoms with E-state index in [1.807, 2.05) is 4.90 Å². The van der Waals surface area contributed by atoms with Crippen LogP contribution in [-0.2, 0) is 11.0 Å². The van der Waals surface area contributed by atoms with Crippen molar-refractivity contribution >= 4 is 17.4 Å². The van der Waals surface area contributed by atoms with Crippen LogP contribution in [0.1, 0.15) is 57.2 Å². The summed E-state index contributed by atoms with van der Waals surface area (Å²) in [6.07, 6.45) is 3.71. The largest absolute Gasteiger partial charge is 0.453 e. The SMILES string of the molecule is O=C(NC1CCCCCC1)[C@H]1CCCN(c2ccc3nnc(C(F)(F)F)n3n2)C1. The molecule has 0 spiro atoms. The Morgan fingerprint density at radius 3 is 2.52 bits per heavy atom. The van der Waals surface area contributed by atoms with Crippen LogP contribution in [-0.4, -0.2) is 44.8 Å². The second-order valence-corrected chi connectivity index (χ2v) is 7.97. The Hall–Kier alpha value is -2.39. The Morgan fingerprint density at radius 2 is 1.79 bits per heavy atom. The summed E-state index contributed by atoms with van der Waals surface area (Å²) >= 11 is 0. The van der Waals surface area contributed by atoms with Gasteiger partial charge in [0.15, 0.2) is 5.65 Å². The van der Waals surface area contributed by atoms with Gasteiger partial charge in [-0.2, -0.15) is 17.7 Å². The van der Waals surface area contributed by atoms with Crippen molar-refractivity contribution in [1.82, 2.24) is 25.1 Å². The van der Waals surface area contributed by atoms with Crippen molar-refractivity contribution in [2.24, 2.45) is 5.92 Å². The summed E-state index contributed by atoms with van der Waals surface area (Å²) in [5.41, 5.74) is 0.0424. The number of hydrogen-bond acceptors (Lipinski definition) is 5. The minimum Gasteiger partial charge on any atom is -0.354 e. The normalized spacial score (nSPS) is 21.9. The third kappa shape index (κ3) is 4.45. The van der Waals surface area contributed by atoms with Crippen LogP contribution in [0.5, 0.6) is 0 Å². The predicted octanol–water partition coefficient (Wildman–Crippen LogP) is 3.20. The number of hydrogen-bond donors (Lipinski definition) is 1. The molecule has 7 nitrogen and oxygen atoms in total. The van der Waals surface area contributed by atoms with Gasteiger partial charge in [0, 0.05) is 19.1 Å². The summed E-state index contributed by atoms with van der Waals surface area (Å²) in [7, 11) is 0. The molecule has 1 atom stereocenters. The first-order valence-corrected chi connectivity index (χ1v) is 10.3. The molecular formula is C19H25F3N6O. The Kier molecular flexibility index (Phi) is 5.60. The maximum Gasteiger partial charge on any atom is 0.453 e. The number of alkyl halides is 3. The highest BCUT2D eigenvalue weighted by molar-refractivity contribution is 5.79. The number of anilines is 1. The molecule has 0 aromatic carbocycles. The van der Waals surface area contributed by atoms with Gasteiger partial charge in [-0.3, -0.25) is 4.79 Å². The van der Waals surface area contributed by atoms with Gasteiger partial charge in [-0.1, -0.05) is 25.7 Å². The lowest BCUT2D eigenvalue weighted by Gasteiger charge is -2.33. The summed E-state index contributed by atoms with van der Waals surface area (Å²) in [5, 5.41) is 14.1. The second kappa shape index (κ2) is 8.16. The van der Waals surface area contributed by atoms with Crippen LogP contribution in [0.2, 0.25) is 0 Å². The lowest BCUT2D eigenvalue weighted by atomic mass is 9.96. The van der Waals surface area contributed by atoms with Gasteiger partial charge < -0.3 is 10.2 Å². The molecular weight excluding hydrogens is 385 g/mol. The molecule has 1 amide bonds. The fourth-order valence-electron chi connectivity index (χ4n) is 4.27. The fraction of sp³-hybridized carbons (Fsp3) is 0.684. The van der Waals surface area contributed by atoms with Gasteiger partial charge in [0.25, 0.3) is 5.82 Å². The van der Waals surface area contributed by atoms with Crippen LogP contribution in [0.25, 0.3) is 5.65 Å². The fourth-order valence-corrected chi connectivity index (χ4v) is 4.27. The Balaban J connectivity index is 1.47. The number of nitrogens with zero attached hydrogens (tertiary/aromatic N) is 5. The third-order valence-corrected chi connectivity index (χ3v) is 5.82. The molecule has 0 radical (unpaired) electrons. The highest BCUT2D eigenvalue weighted by atomic mass is 19.4. The van der Waals surface area contributed by atoms with Crippen LogP contribution in [0.3, 0.4) is 0 Å². The zero-order chi connectivity index (χ0) is 20.4. The number of nitrogens with one attached hydrogen (secondary N) is 1. The molecule has 2 aliphatic rings. The smallest absolute Gasteiger partial charge is 0.354 e. The monoisotopic (exact) mass is 410 g/mol. The average Bonchev–Trinajstić information content (AvgIpc) is 2.98. The number of fused-ring (bicyclic) bond motifs is 1. The zero-order valence-corrected chi connectivity index (χ0v) is 16.2. The van der Waals surface area contributed by atoms with Gasteiger partial charge in [-0.15, -0.1) is 15.3 Å². The van der Waals surface area contributed by atoms with Crippen LogP contribution in [0.15, 0.2) is 12.1 Å². The second-order valence-electron chi connectivity index (χ2n) is 7.97. The van der Waals surface area contributed by atoms with Crippen molar-refractivity contribution < 1.29 is 18.0 Å². The lowest BCUT2D eigenvalue weighted by molar-refractivity contribution is -0.146. The number of halogens is 3. The van der Waals surface area contributed by atoms with Gasteiger partial charge in [0.1, 0.15) is 5.82 Å². The van der Waals surface area contributed by atoms with E-state index in [-0.39, 0.29) is 23.5 Å². The van der Waals surface area contributed by atoms with E-state index in [0.717, 1.165) is 43.0 Å². The standard InChI is InChI=1S/C19H25F3N6O/c20-19(21,22)18-25-24-15-9-10-16(26-28(15)18)27-11-5-6-13(12-27)17(29)23-14-7-3-1-2-4-8-14/h9-10,13-14H,1-8,11-12H2,(H,23,29)/t13-/m0/s1. The summed E-state index contributed by atoms with van der Waals surface area (Å²) < 4.78 is 40.1. The highest BCUT2D eigenvalue weighted by Crippen LogP contribution is 2.29. The van der Waals surface area contributed by atoms with E-state index in [0.29, 0.717) is 18.9 Å². The maximum atomic E-state index is 13.1. The van der Waals surface area contributed by atoms with Crippen LogP contribution in [0, 0.1) is 5.92 Å². The molecule has 29 heavy (non-hydrogen) atoms. The topological polar surface area (TPSA) is 75.4 Å². The first-order chi connectivity index (χ1) is 13.9. The van der Waals surface area contributed by atoms with Crippen molar-refractivity contribution in [2.45, 2.75) is 63.6 Å². The van der Waals surface area contributed by atoms with E-state index < -0.39 is 12.0 Å². The highest BCUT2D eigenvalue weighted by Gasteiger charge is 2.38. The van der Waals surface area contributed by atoms with E-state index in [1.54, 1.807) is 6.07 Å². The van der Waals surface area contributed by atoms with Crippen molar-refractivity contribution in [3.63, 3.8) is 0 Å². The van der Waals surface area contributed by atoms with E-state index in [9.17, 15) is 18.0 Å². The molecule has 158 valence electrons. The molecule has 3 heterocycles. The average molecular weight is 410 g/mol. The molecule has 1 saturated heterocycles. The molecule has 2 aromatic rings. The molecule has 1 aliphatic carbocycles. The van der Waals surface area contributed by atoms with E-state index >= 15 is 0 Å². The Bertz CT molecular complexity index is 859. The van der Waals surface area contributed by atoms with Crippen LogP contribution in [0.4, 0.5) is 19.0 Å². The van der Waals surface area contributed by atoms with E-state index in [1.165, 1.54) is 18.9 Å². The van der Waals surface area contributed by atoms with Gasteiger partial charge in [-0.05, 0) is 37.8 Å². The molecule has 10 heteroatoms. The first-order valence-electron chi connectivity index (χ1n) is 10.3. The first kappa shape index (κ1) is 19.9. The van der Waals surface area contributed by atoms with Gasteiger partial charge in [-0.25, -0.2) is 0 Å². The molecule has 1 N–H and O–H groups in total. The molecule has 1 saturated carbocycles. The van der Waals surface area contributed by atoms with Crippen LogP contribution < -0.4 is 10.2 Å². The van der Waals surface area contributed by atoms with Crippen molar-refractivity contribution in [2.75, 3.05) is 18.0 Å². The zero-order valence-electron chi connectivity index (χ0n) is 16.2. The summed E-state index contributed by atoms with van der Waals surface area (Å²) in [6.45, 7) is 1.09. The number of rotatable bonds is 3. The minimum absolute atomic E-state index is 0.0424. The molecule has 2 fully saturated rings. The van der Waals surface area contributed by atoms with Crippen molar-refractivity contribution in [3.8, 4) is 0 Å². The number of carbonyl (C=O) groups excluding carboxylic acids is 1. The number of piperidine rings is 1. The van der Waals surface area contributed by atoms with Gasteiger partial charge in [0.05, 0.1) is 5.92 Å². The Morgan fingerprint density at radius 1 is 1.03 bits per heavy atom. The third-order valence-electron chi connectivity index (χ3n) is 5.82. The summed E-state index contributed by atoms with van der Waals surface area (Å²) in [6, 6.07) is 3.34. The van der Waals surface area contributed by atoms with Gasteiger partial charge >= 0.3 is 6.18 Å². The molecule has 4 rings (SSSR count). The lowest BCUT2D eigenvalue weighted by Crippen LogP contribution is -2.46. The molecule has 0 unspecified atom stereocenters. The van der Waals surface area contributed by atoms with Crippen molar-refractivity contribution in [3.05, 3.63) is 18.0 Å². The summed E-state index contributed by atoms with van der Waals surface area (Å²) in [4.78, 5) is 14.7. The molecule has 0 bridgehead atoms. The molecule has 1 aliphatic heterocycles. The number of carbonyl (C=O) groups is 1. The maximum absolute atomic E-state index is 13.1. The van der Waals surface area contributed by atoms with Gasteiger partial charge in [0.2, 0.25) is 5.91 Å². The number of aromatic nitrogens is 4. The van der Waals surface area contributed by atoms with E-state index in [4.69, 9.17) is 0 Å². The summed E-state index contributed by atoms with van der Waals surface area (Å²) in [5.74, 6) is -0.890. The van der Waals surface area contributed by atoms with Crippen LogP contribution >= 0.6 is 0 Å². The molecule has 2 aromatic heterocycles.